The van der Waals surface area contributed by atoms with E-state index in [0.29, 0.717) is 22.7 Å². The zero-order valence-corrected chi connectivity index (χ0v) is 14.4. The van der Waals surface area contributed by atoms with Crippen molar-refractivity contribution >= 4 is 16.9 Å². The molecular weight excluding hydrogens is 347 g/mol. The summed E-state index contributed by atoms with van der Waals surface area (Å²) in [4.78, 5) is 11.4. The van der Waals surface area contributed by atoms with Crippen LogP contribution in [0.5, 0.6) is 5.75 Å². The molecule has 4 rings (SSSR count). The summed E-state index contributed by atoms with van der Waals surface area (Å²) >= 11 is 0. The molecule has 1 N–H and O–H groups in total. The molecule has 0 aliphatic carbocycles. The average Bonchev–Trinajstić information content (AvgIpc) is 3.11. The van der Waals surface area contributed by atoms with E-state index in [0.717, 1.165) is 16.5 Å². The number of benzene rings is 3. The van der Waals surface area contributed by atoms with E-state index in [9.17, 15) is 14.3 Å². The normalized spacial score (nSPS) is 10.9. The lowest BCUT2D eigenvalue weighted by molar-refractivity contribution is 0.0693. The molecule has 134 valence electrons. The Hall–Kier alpha value is -3.60. The summed E-state index contributed by atoms with van der Waals surface area (Å²) in [5.74, 6) is -0.403. The minimum Gasteiger partial charge on any atom is -0.495 e. The quantitative estimate of drug-likeness (QED) is 0.512. The van der Waals surface area contributed by atoms with E-state index in [4.69, 9.17) is 9.15 Å². The minimum atomic E-state index is -1.04. The van der Waals surface area contributed by atoms with Gasteiger partial charge in [0.2, 0.25) is 0 Å². The molecule has 0 fully saturated rings. The van der Waals surface area contributed by atoms with Gasteiger partial charge in [-0.2, -0.15) is 0 Å². The number of carboxylic acid groups (broad SMARTS) is 1. The van der Waals surface area contributed by atoms with Gasteiger partial charge in [-0.15, -0.1) is 0 Å². The number of carboxylic acids is 1. The van der Waals surface area contributed by atoms with E-state index in [-0.39, 0.29) is 11.4 Å². The molecule has 27 heavy (non-hydrogen) atoms. The summed E-state index contributed by atoms with van der Waals surface area (Å²) in [6.45, 7) is 0. The number of halogens is 1. The fourth-order valence-electron chi connectivity index (χ4n) is 3.12. The highest BCUT2D eigenvalue weighted by Gasteiger charge is 2.16. The van der Waals surface area contributed by atoms with Gasteiger partial charge >= 0.3 is 5.97 Å². The molecule has 0 aliphatic heterocycles. The third-order valence-corrected chi connectivity index (χ3v) is 4.41. The van der Waals surface area contributed by atoms with Crippen molar-refractivity contribution in [2.45, 2.75) is 0 Å². The van der Waals surface area contributed by atoms with E-state index in [1.165, 1.54) is 25.3 Å². The Morgan fingerprint density at radius 1 is 1.00 bits per heavy atom. The Morgan fingerprint density at radius 2 is 1.74 bits per heavy atom. The molecule has 0 spiro atoms. The van der Waals surface area contributed by atoms with Gasteiger partial charge in [0, 0.05) is 16.5 Å². The van der Waals surface area contributed by atoms with Gasteiger partial charge in [-0.3, -0.25) is 0 Å². The van der Waals surface area contributed by atoms with Crippen LogP contribution >= 0.6 is 0 Å². The van der Waals surface area contributed by atoms with Crippen LogP contribution in [0.2, 0.25) is 0 Å². The third kappa shape index (κ3) is 3.04. The topological polar surface area (TPSA) is 59.7 Å². The molecule has 4 aromatic rings. The number of aromatic carboxylic acids is 1. The van der Waals surface area contributed by atoms with Crippen LogP contribution in [0.1, 0.15) is 10.4 Å². The van der Waals surface area contributed by atoms with Crippen LogP contribution in [-0.2, 0) is 0 Å². The Morgan fingerprint density at radius 3 is 2.44 bits per heavy atom. The molecule has 4 nitrogen and oxygen atoms in total. The molecule has 0 aliphatic rings. The number of furan rings is 1. The van der Waals surface area contributed by atoms with Crippen molar-refractivity contribution in [2.24, 2.45) is 0 Å². The van der Waals surface area contributed by atoms with Crippen LogP contribution in [0.25, 0.3) is 33.4 Å². The third-order valence-electron chi connectivity index (χ3n) is 4.41. The van der Waals surface area contributed by atoms with Crippen LogP contribution in [0.3, 0.4) is 0 Å². The summed E-state index contributed by atoms with van der Waals surface area (Å²) in [6, 6.07) is 18.6. The van der Waals surface area contributed by atoms with Gasteiger partial charge in [-0.05, 0) is 54.1 Å². The molecule has 0 radical (unpaired) electrons. The Kier molecular flexibility index (Phi) is 4.12. The standard InChI is InChI=1S/C22H15FO4/c1-26-21-17(3-2-4-18(21)22(24)25)14-7-10-19-15(11-14)12-20(27-19)13-5-8-16(23)9-6-13/h2-12H,1H3,(H,24,25). The van der Waals surface area contributed by atoms with Crippen molar-refractivity contribution in [1.29, 1.82) is 0 Å². The molecule has 0 saturated carbocycles. The van der Waals surface area contributed by atoms with Gasteiger partial charge in [0.15, 0.2) is 0 Å². The Bertz CT molecular complexity index is 1140. The van der Waals surface area contributed by atoms with Gasteiger partial charge in [-0.25, -0.2) is 9.18 Å². The van der Waals surface area contributed by atoms with Crippen molar-refractivity contribution in [3.8, 4) is 28.2 Å². The number of carbonyl (C=O) groups is 1. The molecule has 1 heterocycles. The molecule has 0 atom stereocenters. The lowest BCUT2D eigenvalue weighted by Gasteiger charge is -2.11. The number of rotatable bonds is 4. The Balaban J connectivity index is 1.82. The number of methoxy groups -OCH3 is 1. The number of ether oxygens (including phenoxy) is 1. The zero-order chi connectivity index (χ0) is 19.0. The second-order valence-corrected chi connectivity index (χ2v) is 6.06. The molecule has 1 aromatic heterocycles. The number of para-hydroxylation sites is 1. The molecule has 5 heteroatoms. The van der Waals surface area contributed by atoms with Crippen LogP contribution in [0.4, 0.5) is 4.39 Å². The lowest BCUT2D eigenvalue weighted by atomic mass is 10.00. The van der Waals surface area contributed by atoms with E-state index in [1.54, 1.807) is 18.2 Å². The zero-order valence-electron chi connectivity index (χ0n) is 14.4. The van der Waals surface area contributed by atoms with Crippen molar-refractivity contribution in [1.82, 2.24) is 0 Å². The number of hydrogen-bond acceptors (Lipinski definition) is 3. The predicted molar refractivity (Wildman–Crippen MR) is 101 cm³/mol. The van der Waals surface area contributed by atoms with E-state index in [2.05, 4.69) is 0 Å². The molecule has 0 bridgehead atoms. The van der Waals surface area contributed by atoms with Crippen molar-refractivity contribution < 1.29 is 23.4 Å². The van der Waals surface area contributed by atoms with Crippen LogP contribution < -0.4 is 4.74 Å². The minimum absolute atomic E-state index is 0.106. The van der Waals surface area contributed by atoms with E-state index in [1.807, 2.05) is 30.3 Å². The monoisotopic (exact) mass is 362 g/mol. The van der Waals surface area contributed by atoms with Gasteiger partial charge in [-0.1, -0.05) is 18.2 Å². The molecule has 0 saturated heterocycles. The SMILES string of the molecule is COc1c(C(=O)O)cccc1-c1ccc2oc(-c3ccc(F)cc3)cc2c1. The first-order valence-electron chi connectivity index (χ1n) is 8.27. The first-order valence-corrected chi connectivity index (χ1v) is 8.27. The van der Waals surface area contributed by atoms with Crippen LogP contribution in [0, 0.1) is 5.82 Å². The maximum Gasteiger partial charge on any atom is 0.339 e. The first kappa shape index (κ1) is 16.8. The van der Waals surface area contributed by atoms with Crippen LogP contribution in [-0.4, -0.2) is 18.2 Å². The molecular formula is C22H15FO4. The first-order chi connectivity index (χ1) is 13.1. The smallest absolute Gasteiger partial charge is 0.339 e. The average molecular weight is 362 g/mol. The largest absolute Gasteiger partial charge is 0.495 e. The maximum atomic E-state index is 13.1. The highest BCUT2D eigenvalue weighted by atomic mass is 19.1. The lowest BCUT2D eigenvalue weighted by Crippen LogP contribution is -2.01. The summed E-state index contributed by atoms with van der Waals surface area (Å²) < 4.78 is 24.3. The van der Waals surface area contributed by atoms with Crippen molar-refractivity contribution in [3.63, 3.8) is 0 Å². The number of fused-ring (bicyclic) bond motifs is 1. The van der Waals surface area contributed by atoms with Crippen molar-refractivity contribution in [3.05, 3.63) is 78.1 Å². The van der Waals surface area contributed by atoms with Crippen LogP contribution in [0.15, 0.2) is 71.1 Å². The predicted octanol–water partition coefficient (Wildman–Crippen LogP) is 5.61. The fourth-order valence-corrected chi connectivity index (χ4v) is 3.12. The molecule has 0 amide bonds. The summed E-state index contributed by atoms with van der Waals surface area (Å²) in [6.07, 6.45) is 0. The summed E-state index contributed by atoms with van der Waals surface area (Å²) in [5, 5.41) is 10.2. The van der Waals surface area contributed by atoms with Crippen molar-refractivity contribution in [2.75, 3.05) is 7.11 Å². The number of hydrogen-bond donors (Lipinski definition) is 1. The van der Waals surface area contributed by atoms with Gasteiger partial charge in [0.1, 0.15) is 28.5 Å². The highest BCUT2D eigenvalue weighted by molar-refractivity contribution is 5.95. The van der Waals surface area contributed by atoms with Gasteiger partial charge in [0.25, 0.3) is 0 Å². The van der Waals surface area contributed by atoms with E-state index < -0.39 is 5.97 Å². The molecule has 0 unspecified atom stereocenters. The maximum absolute atomic E-state index is 13.1. The fraction of sp³-hybridized carbons (Fsp3) is 0.0455. The van der Waals surface area contributed by atoms with E-state index >= 15 is 0 Å². The summed E-state index contributed by atoms with van der Waals surface area (Å²) in [5.41, 5.74) is 3.07. The highest BCUT2D eigenvalue weighted by Crippen LogP contribution is 2.36. The second kappa shape index (κ2) is 6.61. The molecule has 3 aromatic carbocycles. The van der Waals surface area contributed by atoms with Gasteiger partial charge in [0.05, 0.1) is 7.11 Å². The summed E-state index contributed by atoms with van der Waals surface area (Å²) in [7, 11) is 1.45. The van der Waals surface area contributed by atoms with Gasteiger partial charge < -0.3 is 14.3 Å². The second-order valence-electron chi connectivity index (χ2n) is 6.06. The Labute approximate surface area is 154 Å².